The summed E-state index contributed by atoms with van der Waals surface area (Å²) in [5, 5.41) is 0. The van der Waals surface area contributed by atoms with Crippen molar-refractivity contribution in [2.24, 2.45) is 5.73 Å². The van der Waals surface area contributed by atoms with Gasteiger partial charge in [0, 0.05) is 18.4 Å². The van der Waals surface area contributed by atoms with E-state index in [9.17, 15) is 0 Å². The molecule has 3 N–H and O–H groups in total. The van der Waals surface area contributed by atoms with Crippen molar-refractivity contribution < 1.29 is 0 Å². The van der Waals surface area contributed by atoms with Gasteiger partial charge in [-0.3, -0.25) is 0 Å². The van der Waals surface area contributed by atoms with Gasteiger partial charge in [-0.15, -0.1) is 0 Å². The van der Waals surface area contributed by atoms with E-state index in [0.717, 1.165) is 31.7 Å². The molecule has 0 bridgehead atoms. The smallest absolute Gasteiger partial charge is 0.0922 e. The summed E-state index contributed by atoms with van der Waals surface area (Å²) in [5.74, 6) is 0. The molecule has 0 fully saturated rings. The third kappa shape index (κ3) is 3.02. The van der Waals surface area contributed by atoms with Gasteiger partial charge in [-0.25, -0.2) is 4.98 Å². The number of hydrogen-bond acceptors (Lipinski definition) is 3. The highest BCUT2D eigenvalue weighted by Crippen LogP contribution is 1.97. The lowest BCUT2D eigenvalue weighted by atomic mass is 10.3. The van der Waals surface area contributed by atoms with Gasteiger partial charge in [0.15, 0.2) is 0 Å². The zero-order valence-electron chi connectivity index (χ0n) is 7.45. The molecule has 12 heavy (non-hydrogen) atoms. The minimum Gasteiger partial charge on any atom is -0.347 e. The normalized spacial score (nSPS) is 10.9. The highest BCUT2D eigenvalue weighted by atomic mass is 15.1. The van der Waals surface area contributed by atoms with E-state index in [1.54, 1.807) is 6.33 Å². The van der Waals surface area contributed by atoms with Gasteiger partial charge in [0.1, 0.15) is 0 Å². The fourth-order valence-corrected chi connectivity index (χ4v) is 1.10. The van der Waals surface area contributed by atoms with E-state index in [4.69, 9.17) is 5.73 Å². The third-order valence-electron chi connectivity index (χ3n) is 1.74. The Labute approximate surface area is 72.8 Å². The minimum absolute atomic E-state index is 0.757. The summed E-state index contributed by atoms with van der Waals surface area (Å²) in [4.78, 5) is 9.23. The van der Waals surface area contributed by atoms with Crippen LogP contribution in [0.4, 0.5) is 0 Å². The van der Waals surface area contributed by atoms with E-state index < -0.39 is 0 Å². The SMILES string of the molecule is CN(CCCN)Cc1cnc[nH]1. The average Bonchev–Trinajstić information content (AvgIpc) is 2.53. The first-order valence-corrected chi connectivity index (χ1v) is 4.19. The monoisotopic (exact) mass is 168 g/mol. The molecule has 0 radical (unpaired) electrons. The number of aromatic amines is 1. The van der Waals surface area contributed by atoms with Crippen LogP contribution in [0.15, 0.2) is 12.5 Å². The topological polar surface area (TPSA) is 57.9 Å². The summed E-state index contributed by atoms with van der Waals surface area (Å²) in [6.07, 6.45) is 4.59. The molecule has 1 rings (SSSR count). The molecule has 1 aromatic rings. The second-order valence-electron chi connectivity index (χ2n) is 2.96. The van der Waals surface area contributed by atoms with Crippen LogP contribution >= 0.6 is 0 Å². The highest BCUT2D eigenvalue weighted by Gasteiger charge is 1.99. The van der Waals surface area contributed by atoms with Crippen molar-refractivity contribution in [2.75, 3.05) is 20.1 Å². The molecule has 0 amide bonds. The molecule has 1 aromatic heterocycles. The van der Waals surface area contributed by atoms with Crippen molar-refractivity contribution in [3.05, 3.63) is 18.2 Å². The molecule has 0 atom stereocenters. The Morgan fingerprint density at radius 1 is 1.67 bits per heavy atom. The van der Waals surface area contributed by atoms with Crippen molar-refractivity contribution in [1.29, 1.82) is 0 Å². The second kappa shape index (κ2) is 4.90. The lowest BCUT2D eigenvalue weighted by molar-refractivity contribution is 0.321. The molecule has 4 heteroatoms. The zero-order chi connectivity index (χ0) is 8.81. The van der Waals surface area contributed by atoms with Gasteiger partial charge in [0.25, 0.3) is 0 Å². The van der Waals surface area contributed by atoms with Crippen LogP contribution in [0.2, 0.25) is 0 Å². The number of nitrogens with zero attached hydrogens (tertiary/aromatic N) is 2. The van der Waals surface area contributed by atoms with Crippen LogP contribution in [0.5, 0.6) is 0 Å². The summed E-state index contributed by atoms with van der Waals surface area (Å²) >= 11 is 0. The molecule has 1 heterocycles. The van der Waals surface area contributed by atoms with Crippen molar-refractivity contribution in [3.63, 3.8) is 0 Å². The molecule has 4 nitrogen and oxygen atoms in total. The van der Waals surface area contributed by atoms with Gasteiger partial charge < -0.3 is 15.6 Å². The van der Waals surface area contributed by atoms with Gasteiger partial charge in [0.2, 0.25) is 0 Å². The Balaban J connectivity index is 2.22. The van der Waals surface area contributed by atoms with Crippen LogP contribution in [0, 0.1) is 0 Å². The van der Waals surface area contributed by atoms with Crippen LogP contribution < -0.4 is 5.73 Å². The van der Waals surface area contributed by atoms with E-state index in [-0.39, 0.29) is 0 Å². The number of aromatic nitrogens is 2. The van der Waals surface area contributed by atoms with Crippen LogP contribution in [-0.4, -0.2) is 35.0 Å². The first-order chi connectivity index (χ1) is 5.83. The Morgan fingerprint density at radius 3 is 3.08 bits per heavy atom. The molecule has 0 aliphatic carbocycles. The summed E-state index contributed by atoms with van der Waals surface area (Å²) in [6, 6.07) is 0. The number of imidazole rings is 1. The van der Waals surface area contributed by atoms with Gasteiger partial charge in [-0.1, -0.05) is 0 Å². The van der Waals surface area contributed by atoms with E-state index in [1.807, 2.05) is 6.20 Å². The summed E-state index contributed by atoms with van der Waals surface area (Å²) in [5.41, 5.74) is 6.55. The van der Waals surface area contributed by atoms with Gasteiger partial charge >= 0.3 is 0 Å². The Morgan fingerprint density at radius 2 is 2.50 bits per heavy atom. The predicted molar refractivity (Wildman–Crippen MR) is 48.6 cm³/mol. The van der Waals surface area contributed by atoms with Crippen LogP contribution in [0.25, 0.3) is 0 Å². The average molecular weight is 168 g/mol. The Hall–Kier alpha value is -0.870. The van der Waals surface area contributed by atoms with Crippen molar-refractivity contribution in [2.45, 2.75) is 13.0 Å². The largest absolute Gasteiger partial charge is 0.347 e. The number of nitrogens with two attached hydrogens (primary N) is 1. The minimum atomic E-state index is 0.757. The molecule has 0 aromatic carbocycles. The standard InChI is InChI=1S/C8H16N4/c1-12(4-2-3-9)6-8-5-10-7-11-8/h5,7H,2-4,6,9H2,1H3,(H,10,11). The van der Waals surface area contributed by atoms with Gasteiger partial charge in [0.05, 0.1) is 6.33 Å². The molecule has 0 spiro atoms. The molecule has 0 saturated carbocycles. The Bertz CT molecular complexity index is 195. The number of hydrogen-bond donors (Lipinski definition) is 2. The zero-order valence-corrected chi connectivity index (χ0v) is 7.45. The van der Waals surface area contributed by atoms with E-state index in [0.29, 0.717) is 0 Å². The maximum Gasteiger partial charge on any atom is 0.0922 e. The lowest BCUT2D eigenvalue weighted by Crippen LogP contribution is -2.21. The molecular weight excluding hydrogens is 152 g/mol. The molecule has 0 unspecified atom stereocenters. The number of nitrogens with one attached hydrogen (secondary N) is 1. The summed E-state index contributed by atoms with van der Waals surface area (Å²) in [7, 11) is 2.08. The number of rotatable bonds is 5. The fraction of sp³-hybridized carbons (Fsp3) is 0.625. The molecular formula is C8H16N4. The van der Waals surface area contributed by atoms with Crippen molar-refractivity contribution in [1.82, 2.24) is 14.9 Å². The quantitative estimate of drug-likeness (QED) is 0.660. The first kappa shape index (κ1) is 9.22. The van der Waals surface area contributed by atoms with E-state index in [2.05, 4.69) is 21.9 Å². The van der Waals surface area contributed by atoms with Crippen LogP contribution in [0.3, 0.4) is 0 Å². The summed E-state index contributed by atoms with van der Waals surface area (Å²) in [6.45, 7) is 2.71. The van der Waals surface area contributed by atoms with Crippen molar-refractivity contribution in [3.8, 4) is 0 Å². The molecule has 0 aliphatic heterocycles. The molecule has 0 aliphatic rings. The van der Waals surface area contributed by atoms with Crippen molar-refractivity contribution >= 4 is 0 Å². The third-order valence-corrected chi connectivity index (χ3v) is 1.74. The first-order valence-electron chi connectivity index (χ1n) is 4.19. The lowest BCUT2D eigenvalue weighted by Gasteiger charge is -2.14. The molecule has 0 saturated heterocycles. The van der Waals surface area contributed by atoms with Crippen LogP contribution in [0.1, 0.15) is 12.1 Å². The number of H-pyrrole nitrogens is 1. The van der Waals surface area contributed by atoms with E-state index >= 15 is 0 Å². The van der Waals surface area contributed by atoms with Gasteiger partial charge in [-0.05, 0) is 26.6 Å². The van der Waals surface area contributed by atoms with Gasteiger partial charge in [-0.2, -0.15) is 0 Å². The Kier molecular flexibility index (Phi) is 3.76. The second-order valence-corrected chi connectivity index (χ2v) is 2.96. The highest BCUT2D eigenvalue weighted by molar-refractivity contribution is 4.93. The summed E-state index contributed by atoms with van der Waals surface area (Å²) < 4.78 is 0. The molecule has 68 valence electrons. The predicted octanol–water partition coefficient (Wildman–Crippen LogP) is 0.190. The fourth-order valence-electron chi connectivity index (χ4n) is 1.10. The maximum atomic E-state index is 5.40. The maximum absolute atomic E-state index is 5.40. The van der Waals surface area contributed by atoms with Crippen LogP contribution in [-0.2, 0) is 6.54 Å². The van der Waals surface area contributed by atoms with E-state index in [1.165, 1.54) is 0 Å².